The number of ketones is 1. The highest BCUT2D eigenvalue weighted by molar-refractivity contribution is 5.80. The second kappa shape index (κ2) is 9.00. The lowest BCUT2D eigenvalue weighted by molar-refractivity contribution is -0.291. The fourth-order valence-electron chi connectivity index (χ4n) is 9.29. The van der Waals surface area contributed by atoms with Crippen molar-refractivity contribution in [2.75, 3.05) is 6.61 Å². The minimum Gasteiger partial charge on any atom is -0.389 e. The minimum atomic E-state index is -1.55. The first-order valence-corrected chi connectivity index (χ1v) is 13.6. The van der Waals surface area contributed by atoms with E-state index in [1.807, 2.05) is 0 Å². The number of carbonyl (C=O) groups is 1. The number of aliphatic hydroxyl groups is 5. The van der Waals surface area contributed by atoms with E-state index < -0.39 is 36.3 Å². The summed E-state index contributed by atoms with van der Waals surface area (Å²) in [5, 5.41) is 51.7. The molecule has 0 bridgehead atoms. The number of hydrogen-bond acceptors (Lipinski definition) is 8. The second-order valence-electron chi connectivity index (χ2n) is 12.8. The maximum Gasteiger partial charge on any atom is 0.184 e. The molecule has 8 nitrogen and oxygen atoms in total. The molecule has 4 aliphatic carbocycles. The number of rotatable bonds is 4. The summed E-state index contributed by atoms with van der Waals surface area (Å²) < 4.78 is 11.4. The number of ether oxygens (including phenoxy) is 2. The monoisotopic (exact) mass is 496 g/mol. The van der Waals surface area contributed by atoms with Crippen molar-refractivity contribution < 1.29 is 39.8 Å². The Bertz CT molecular complexity index is 821. The van der Waals surface area contributed by atoms with Crippen molar-refractivity contribution in [2.45, 2.75) is 121 Å². The molecule has 5 rings (SSSR count). The molecule has 5 aliphatic rings. The Labute approximate surface area is 208 Å². The number of fused-ring (bicyclic) bond motifs is 5. The molecule has 0 radical (unpaired) electrons. The highest BCUT2D eigenvalue weighted by Crippen LogP contribution is 2.69. The first kappa shape index (κ1) is 26.0. The van der Waals surface area contributed by atoms with E-state index in [0.29, 0.717) is 11.8 Å². The zero-order valence-electron chi connectivity index (χ0n) is 21.3. The van der Waals surface area contributed by atoms with Crippen LogP contribution in [0.4, 0.5) is 0 Å². The molecule has 0 spiro atoms. The van der Waals surface area contributed by atoms with Crippen LogP contribution in [-0.4, -0.2) is 80.3 Å². The quantitative estimate of drug-likeness (QED) is 0.395. The average Bonchev–Trinajstić information content (AvgIpc) is 3.10. The third-order valence-corrected chi connectivity index (χ3v) is 11.5. The summed E-state index contributed by atoms with van der Waals surface area (Å²) in [4.78, 5) is 12.4. The molecule has 0 aromatic rings. The smallest absolute Gasteiger partial charge is 0.184 e. The highest BCUT2D eigenvalue weighted by Gasteiger charge is 2.67. The molecular weight excluding hydrogens is 452 g/mol. The first-order chi connectivity index (χ1) is 16.4. The molecule has 8 heteroatoms. The van der Waals surface area contributed by atoms with Gasteiger partial charge in [-0.05, 0) is 87.9 Å². The molecule has 1 heterocycles. The van der Waals surface area contributed by atoms with E-state index in [0.717, 1.165) is 57.8 Å². The highest BCUT2D eigenvalue weighted by atomic mass is 16.6. The summed E-state index contributed by atoms with van der Waals surface area (Å²) in [7, 11) is 0. The van der Waals surface area contributed by atoms with Gasteiger partial charge in [-0.15, -0.1) is 0 Å². The van der Waals surface area contributed by atoms with E-state index >= 15 is 0 Å². The summed E-state index contributed by atoms with van der Waals surface area (Å²) in [5.74, 6) is 1.36. The van der Waals surface area contributed by atoms with Crippen molar-refractivity contribution in [1.82, 2.24) is 0 Å². The lowest BCUT2D eigenvalue weighted by Crippen LogP contribution is -2.62. The molecule has 0 amide bonds. The zero-order valence-corrected chi connectivity index (χ0v) is 21.3. The predicted octanol–water partition coefficient (Wildman–Crippen LogP) is 1.53. The third kappa shape index (κ3) is 3.85. The van der Waals surface area contributed by atoms with Crippen LogP contribution in [0.3, 0.4) is 0 Å². The van der Waals surface area contributed by atoms with E-state index in [2.05, 4.69) is 13.8 Å². The van der Waals surface area contributed by atoms with Gasteiger partial charge in [-0.2, -0.15) is 0 Å². The van der Waals surface area contributed by atoms with Crippen molar-refractivity contribution in [2.24, 2.45) is 34.5 Å². The van der Waals surface area contributed by atoms with E-state index in [9.17, 15) is 30.3 Å². The van der Waals surface area contributed by atoms with Gasteiger partial charge in [-0.1, -0.05) is 13.8 Å². The Balaban J connectivity index is 1.24. The number of aliphatic hydroxyl groups excluding tert-OH is 4. The average molecular weight is 497 g/mol. The number of hydrogen-bond donors (Lipinski definition) is 5. The Hall–Kier alpha value is -0.610. The van der Waals surface area contributed by atoms with Gasteiger partial charge in [0.15, 0.2) is 6.29 Å². The molecule has 0 aromatic carbocycles. The van der Waals surface area contributed by atoms with Gasteiger partial charge in [0.1, 0.15) is 30.2 Å². The van der Waals surface area contributed by atoms with Crippen LogP contribution in [0.25, 0.3) is 0 Å². The van der Waals surface area contributed by atoms with Crippen LogP contribution >= 0.6 is 0 Å². The maximum atomic E-state index is 12.4. The van der Waals surface area contributed by atoms with E-state index in [1.165, 1.54) is 0 Å². The van der Waals surface area contributed by atoms with Crippen molar-refractivity contribution in [3.63, 3.8) is 0 Å². The van der Waals surface area contributed by atoms with Gasteiger partial charge in [0.2, 0.25) is 0 Å². The van der Waals surface area contributed by atoms with Crippen molar-refractivity contribution in [3.8, 4) is 0 Å². The van der Waals surface area contributed by atoms with Gasteiger partial charge in [-0.25, -0.2) is 0 Å². The molecule has 7 unspecified atom stereocenters. The molecule has 35 heavy (non-hydrogen) atoms. The predicted molar refractivity (Wildman–Crippen MR) is 126 cm³/mol. The van der Waals surface area contributed by atoms with Crippen LogP contribution in [0.2, 0.25) is 0 Å². The largest absolute Gasteiger partial charge is 0.389 e. The molecule has 1 aliphatic heterocycles. The Kier molecular flexibility index (Phi) is 6.69. The Morgan fingerprint density at radius 3 is 2.37 bits per heavy atom. The summed E-state index contributed by atoms with van der Waals surface area (Å²) in [6.07, 6.45) is 1.54. The van der Waals surface area contributed by atoms with Gasteiger partial charge >= 0.3 is 0 Å². The normalized spacial score (nSPS) is 56.1. The van der Waals surface area contributed by atoms with Crippen molar-refractivity contribution >= 4 is 5.78 Å². The second-order valence-corrected chi connectivity index (χ2v) is 12.8. The van der Waals surface area contributed by atoms with Crippen LogP contribution in [0.15, 0.2) is 0 Å². The molecule has 1 saturated heterocycles. The summed E-state index contributed by atoms with van der Waals surface area (Å²) >= 11 is 0. The van der Waals surface area contributed by atoms with Crippen LogP contribution in [0.1, 0.15) is 78.6 Å². The fraction of sp³-hybridized carbons (Fsp3) is 0.963. The number of Topliss-reactive ketones (excluding diaryl/α,β-unsaturated/α-hetero) is 1. The summed E-state index contributed by atoms with van der Waals surface area (Å²) in [6.45, 7) is 6.30. The summed E-state index contributed by atoms with van der Waals surface area (Å²) in [5.41, 5.74) is -0.938. The molecule has 0 aromatic heterocycles. The van der Waals surface area contributed by atoms with Gasteiger partial charge in [-0.3, -0.25) is 4.79 Å². The standard InChI is InChI=1S/C27H44O8/c1-14(28)17-8-11-27(33)19-5-4-15-12-16(6-9-25(15,2)18(19)7-10-26(17,27)3)34-13-20-21(29)22(30)23(31)24(32)35-20/h15-24,29-33H,4-13H2,1-3H3/t15?,16-,17?,18?,19?,20+,21-,22+,23+,24+,25?,26?,27?/m0/s1. The first-order valence-electron chi connectivity index (χ1n) is 13.6. The van der Waals surface area contributed by atoms with Crippen molar-refractivity contribution in [1.29, 1.82) is 0 Å². The van der Waals surface area contributed by atoms with Crippen LogP contribution < -0.4 is 0 Å². The van der Waals surface area contributed by atoms with Crippen molar-refractivity contribution in [3.05, 3.63) is 0 Å². The topological polar surface area (TPSA) is 137 Å². The molecule has 4 saturated carbocycles. The Morgan fingerprint density at radius 2 is 1.66 bits per heavy atom. The fourth-order valence-corrected chi connectivity index (χ4v) is 9.29. The minimum absolute atomic E-state index is 0.00655. The summed E-state index contributed by atoms with van der Waals surface area (Å²) in [6, 6.07) is 0. The van der Waals surface area contributed by atoms with Gasteiger partial charge in [0.05, 0.1) is 18.3 Å². The molecule has 5 N–H and O–H groups in total. The van der Waals surface area contributed by atoms with Gasteiger partial charge in [0.25, 0.3) is 0 Å². The zero-order chi connectivity index (χ0) is 25.3. The van der Waals surface area contributed by atoms with Gasteiger partial charge < -0.3 is 35.0 Å². The van der Waals surface area contributed by atoms with E-state index in [-0.39, 0.29) is 41.2 Å². The molecule has 200 valence electrons. The van der Waals surface area contributed by atoms with E-state index in [1.54, 1.807) is 6.92 Å². The van der Waals surface area contributed by atoms with Gasteiger partial charge in [0, 0.05) is 11.3 Å². The SMILES string of the molecule is CC(=O)C1CCC2(O)C3CCC4C[C@@H](OC[C@H]5O[C@@H](O)[C@H](O)[C@H](O)[C@H]5O)CCC4(C)C3CCC12C. The van der Waals surface area contributed by atoms with E-state index in [4.69, 9.17) is 9.47 Å². The van der Waals surface area contributed by atoms with Crippen LogP contribution in [-0.2, 0) is 14.3 Å². The van der Waals surface area contributed by atoms with Crippen LogP contribution in [0.5, 0.6) is 0 Å². The Morgan fingerprint density at radius 1 is 0.914 bits per heavy atom. The maximum absolute atomic E-state index is 12.4. The lowest BCUT2D eigenvalue weighted by atomic mass is 9.43. The lowest BCUT2D eigenvalue weighted by Gasteiger charge is -2.63. The third-order valence-electron chi connectivity index (χ3n) is 11.5. The molecule has 13 atom stereocenters. The molecular formula is C27H44O8. The van der Waals surface area contributed by atoms with Crippen LogP contribution in [0, 0.1) is 34.5 Å². The number of carbonyl (C=O) groups excluding carboxylic acids is 1. The molecule has 5 fully saturated rings.